The third-order valence-electron chi connectivity index (χ3n) is 6.99. The number of carbonyl (C=O) groups is 2. The second kappa shape index (κ2) is 16.6. The summed E-state index contributed by atoms with van der Waals surface area (Å²) in [6.07, 6.45) is 2.04. The number of hydrogen-bond donors (Lipinski definition) is 7. The van der Waals surface area contributed by atoms with Crippen molar-refractivity contribution in [2.24, 2.45) is 0 Å². The van der Waals surface area contributed by atoms with E-state index in [4.69, 9.17) is 21.1 Å². The molecule has 0 unspecified atom stereocenters. The predicted molar refractivity (Wildman–Crippen MR) is 180 cm³/mol. The molecule has 48 heavy (non-hydrogen) atoms. The van der Waals surface area contributed by atoms with Crippen molar-refractivity contribution < 1.29 is 47.8 Å². The summed E-state index contributed by atoms with van der Waals surface area (Å²) in [5.74, 6) is -1.51. The molecule has 258 valence electrons. The largest absolute Gasteiger partial charge is 0.424 e. The van der Waals surface area contributed by atoms with Crippen LogP contribution in [-0.2, 0) is 23.5 Å². The van der Waals surface area contributed by atoms with Gasteiger partial charge in [0.15, 0.2) is 11.1 Å². The smallest absolute Gasteiger partial charge is 0.341 e. The van der Waals surface area contributed by atoms with E-state index in [1.54, 1.807) is 30.3 Å². The number of ether oxygens (including phenoxy) is 2. The molecule has 1 saturated heterocycles. The minimum absolute atomic E-state index is 0.0387. The average Bonchev–Trinajstić information content (AvgIpc) is 3.03. The summed E-state index contributed by atoms with van der Waals surface area (Å²) < 4.78 is 34.1. The Hall–Kier alpha value is -3.69. The molecule has 2 heterocycles. The Labute approximate surface area is 280 Å². The van der Waals surface area contributed by atoms with Gasteiger partial charge in [0, 0.05) is 36.6 Å². The molecule has 1 amide bonds. The molecule has 1 aliphatic heterocycles. The maximum Gasteiger partial charge on any atom is 0.341 e. The fourth-order valence-electron chi connectivity index (χ4n) is 4.63. The first-order valence-corrected chi connectivity index (χ1v) is 18.3. The number of hydrogen-bond acceptors (Lipinski definition) is 11. The van der Waals surface area contributed by atoms with Crippen LogP contribution in [0.2, 0.25) is 5.02 Å². The first-order valence-electron chi connectivity index (χ1n) is 14.6. The molecule has 3 aromatic rings. The van der Waals surface area contributed by atoms with Crippen LogP contribution in [0, 0.1) is 0 Å². The molecule has 19 heteroatoms. The van der Waals surface area contributed by atoms with Crippen LogP contribution in [0.5, 0.6) is 5.75 Å². The third-order valence-corrected chi connectivity index (χ3v) is 11.0. The van der Waals surface area contributed by atoms with E-state index in [2.05, 4.69) is 37.4 Å². The van der Waals surface area contributed by atoms with Gasteiger partial charge >= 0.3 is 21.2 Å². The van der Waals surface area contributed by atoms with Crippen molar-refractivity contribution in [3.63, 3.8) is 0 Å². The average molecular weight is 725 g/mol. The Bertz CT molecular complexity index is 1710. The van der Waals surface area contributed by atoms with Crippen LogP contribution in [-0.4, -0.2) is 91.1 Å². The van der Waals surface area contributed by atoms with E-state index in [0.717, 1.165) is 25.7 Å². The lowest BCUT2D eigenvalue weighted by atomic mass is 10.1. The molecule has 1 fully saturated rings. The van der Waals surface area contributed by atoms with Crippen LogP contribution in [0.4, 0.5) is 23.0 Å². The number of rotatable bonds is 15. The van der Waals surface area contributed by atoms with E-state index in [0.29, 0.717) is 54.5 Å². The molecule has 2 aromatic carbocycles. The van der Waals surface area contributed by atoms with E-state index in [9.17, 15) is 38.3 Å². The van der Waals surface area contributed by atoms with Crippen molar-refractivity contribution in [1.82, 2.24) is 14.9 Å². The topological polar surface area (TPSA) is 233 Å². The zero-order valence-corrected chi connectivity index (χ0v) is 28.0. The van der Waals surface area contributed by atoms with Gasteiger partial charge in [0.05, 0.1) is 42.2 Å². The van der Waals surface area contributed by atoms with Gasteiger partial charge in [-0.3, -0.25) is 23.6 Å². The SMILES string of the molecule is C=CC(=O)Nc1cccc(-c2nc(Nc3ccc(OC(=O)CC(P(=O)(O)O)P(=O)(O)O)c(NCCCN4CCOCC4)c3)ncc2Cl)c1. The molecule has 1 aromatic heterocycles. The van der Waals surface area contributed by atoms with Crippen molar-refractivity contribution >= 4 is 61.7 Å². The third kappa shape index (κ3) is 10.9. The zero-order chi connectivity index (χ0) is 34.9. The fourth-order valence-corrected chi connectivity index (χ4v) is 7.17. The van der Waals surface area contributed by atoms with Crippen molar-refractivity contribution in [2.45, 2.75) is 18.2 Å². The minimum atomic E-state index is -5.34. The molecule has 1 aliphatic rings. The second-order valence-electron chi connectivity index (χ2n) is 10.6. The molecule has 0 spiro atoms. The Kier molecular flexibility index (Phi) is 12.9. The number of halogens is 1. The Morgan fingerprint density at radius 1 is 1.08 bits per heavy atom. The van der Waals surface area contributed by atoms with Gasteiger partial charge in [0.2, 0.25) is 11.9 Å². The minimum Gasteiger partial charge on any atom is -0.424 e. The number of amides is 1. The quantitative estimate of drug-likeness (QED) is 0.0389. The van der Waals surface area contributed by atoms with E-state index < -0.39 is 33.0 Å². The molecule has 0 radical (unpaired) electrons. The summed E-state index contributed by atoms with van der Waals surface area (Å²) in [7, 11) is -10.7. The first kappa shape index (κ1) is 37.1. The highest BCUT2D eigenvalue weighted by Crippen LogP contribution is 2.61. The van der Waals surface area contributed by atoms with Gasteiger partial charge in [-0.05, 0) is 49.4 Å². The standard InChI is InChI=1S/C29H35ClN6O10P2/c1-2-25(37)33-20-6-3-5-19(15-20)28-22(30)18-32-29(35-28)34-21-7-8-24(46-26(38)17-27(47(39,40)41)48(42,43)44)23(16-21)31-9-4-10-36-11-13-45-14-12-36/h2-3,5-8,15-16,18,27,31H,1,4,9-14,17H2,(H,33,37)(H,32,34,35)(H2,39,40,41)(H2,42,43,44). The summed E-state index contributed by atoms with van der Waals surface area (Å²) in [4.78, 5) is 73.1. The number of nitrogens with zero attached hydrogens (tertiary/aromatic N) is 3. The normalized spacial score (nSPS) is 14.0. The monoisotopic (exact) mass is 724 g/mol. The Morgan fingerprint density at radius 2 is 1.81 bits per heavy atom. The van der Waals surface area contributed by atoms with Crippen LogP contribution in [0.15, 0.2) is 61.3 Å². The van der Waals surface area contributed by atoms with Crippen LogP contribution >= 0.6 is 26.8 Å². The van der Waals surface area contributed by atoms with Gasteiger partial charge in [-0.25, -0.2) is 9.97 Å². The summed E-state index contributed by atoms with van der Waals surface area (Å²) >= 11 is 6.41. The lowest BCUT2D eigenvalue weighted by Crippen LogP contribution is -2.37. The van der Waals surface area contributed by atoms with Crippen LogP contribution in [0.25, 0.3) is 11.3 Å². The van der Waals surface area contributed by atoms with Gasteiger partial charge < -0.3 is 45.0 Å². The fraction of sp³-hybridized carbons (Fsp3) is 0.310. The van der Waals surface area contributed by atoms with Crippen molar-refractivity contribution in [3.05, 3.63) is 66.3 Å². The maximum absolute atomic E-state index is 12.7. The van der Waals surface area contributed by atoms with Gasteiger partial charge in [-0.15, -0.1) is 0 Å². The van der Waals surface area contributed by atoms with Crippen LogP contribution < -0.4 is 20.7 Å². The van der Waals surface area contributed by atoms with Gasteiger partial charge in [-0.1, -0.05) is 30.3 Å². The highest BCUT2D eigenvalue weighted by molar-refractivity contribution is 7.70. The summed E-state index contributed by atoms with van der Waals surface area (Å²) in [6, 6.07) is 11.4. The van der Waals surface area contributed by atoms with Gasteiger partial charge in [-0.2, -0.15) is 0 Å². The number of benzene rings is 2. The Balaban J connectivity index is 1.55. The molecular formula is C29H35ClN6O10P2. The number of nitrogens with one attached hydrogen (secondary N) is 3. The zero-order valence-electron chi connectivity index (χ0n) is 25.5. The highest BCUT2D eigenvalue weighted by atomic mass is 35.5. The summed E-state index contributed by atoms with van der Waals surface area (Å²) in [5, 5.41) is 6.63. The van der Waals surface area contributed by atoms with Gasteiger partial charge in [0.25, 0.3) is 0 Å². The molecule has 7 N–H and O–H groups in total. The molecule has 4 rings (SSSR count). The van der Waals surface area contributed by atoms with E-state index in [-0.39, 0.29) is 22.6 Å². The summed E-state index contributed by atoms with van der Waals surface area (Å²) in [5.41, 5.74) is 2.23. The Morgan fingerprint density at radius 3 is 2.50 bits per heavy atom. The maximum atomic E-state index is 12.7. The molecule has 0 saturated carbocycles. The van der Waals surface area contributed by atoms with Crippen LogP contribution in [0.1, 0.15) is 12.8 Å². The van der Waals surface area contributed by atoms with E-state index >= 15 is 0 Å². The molecular weight excluding hydrogens is 690 g/mol. The predicted octanol–water partition coefficient (Wildman–Crippen LogP) is 3.78. The molecule has 0 aliphatic carbocycles. The summed E-state index contributed by atoms with van der Waals surface area (Å²) in [6.45, 7) is 7.57. The van der Waals surface area contributed by atoms with E-state index in [1.165, 1.54) is 18.3 Å². The number of carbonyl (C=O) groups excluding carboxylic acids is 2. The molecule has 16 nitrogen and oxygen atoms in total. The lowest BCUT2D eigenvalue weighted by molar-refractivity contribution is -0.134. The first-order chi connectivity index (χ1) is 22.7. The molecule has 0 bridgehead atoms. The number of anilines is 4. The number of esters is 1. The highest BCUT2D eigenvalue weighted by Gasteiger charge is 2.45. The van der Waals surface area contributed by atoms with Crippen molar-refractivity contribution in [3.8, 4) is 17.0 Å². The van der Waals surface area contributed by atoms with Crippen molar-refractivity contribution in [1.29, 1.82) is 0 Å². The second-order valence-corrected chi connectivity index (χ2v) is 15.0. The number of aromatic nitrogens is 2. The van der Waals surface area contributed by atoms with Gasteiger partial charge in [0.1, 0.15) is 0 Å². The van der Waals surface area contributed by atoms with Crippen molar-refractivity contribution in [2.75, 3.05) is 55.3 Å². The van der Waals surface area contributed by atoms with E-state index in [1.807, 2.05) is 0 Å². The molecule has 0 atom stereocenters. The number of morpholine rings is 1. The van der Waals surface area contributed by atoms with Crippen LogP contribution in [0.3, 0.4) is 0 Å². The lowest BCUT2D eigenvalue weighted by Gasteiger charge is -2.26.